The molecule has 14 aromatic rings. The number of fused-ring (bicyclic) bond motifs is 2. The minimum atomic E-state index is 0.0858. The number of aryl methyl sites for hydroxylation is 9. The van der Waals surface area contributed by atoms with E-state index in [0.29, 0.717) is 5.92 Å². The van der Waals surface area contributed by atoms with Crippen LogP contribution in [0.5, 0.6) is 0 Å². The third-order valence-electron chi connectivity index (χ3n) is 16.2. The van der Waals surface area contributed by atoms with E-state index < -0.39 is 0 Å². The molecule has 0 amide bonds. The first-order chi connectivity index (χ1) is 63.6. The van der Waals surface area contributed by atoms with Crippen molar-refractivity contribution in [1.82, 2.24) is 0 Å². The molecule has 0 aliphatic carbocycles. The van der Waals surface area contributed by atoms with Crippen LogP contribution in [0, 0.1) is 62.3 Å². The predicted molar refractivity (Wildman–Crippen MR) is 618 cm³/mol. The molecule has 0 aliphatic heterocycles. The number of hydrogen-bond acceptors (Lipinski definition) is 0. The second kappa shape index (κ2) is 121. The fourth-order valence-corrected chi connectivity index (χ4v) is 10.1. The maximum atomic E-state index is 2.27. The highest BCUT2D eigenvalue weighted by molar-refractivity contribution is 5.85. The quantitative estimate of drug-likeness (QED) is 0.161. The van der Waals surface area contributed by atoms with Gasteiger partial charge in [0.05, 0.1) is 0 Å². The van der Waals surface area contributed by atoms with Crippen molar-refractivity contribution in [3.8, 4) is 11.1 Å². The Morgan fingerprint density at radius 2 is 0.315 bits per heavy atom. The molecule has 0 radical (unpaired) electrons. The van der Waals surface area contributed by atoms with Crippen molar-refractivity contribution < 1.29 is 0 Å². The van der Waals surface area contributed by atoms with Crippen molar-refractivity contribution in [1.29, 1.82) is 0 Å². The van der Waals surface area contributed by atoms with E-state index in [9.17, 15) is 0 Å². The monoisotopic (exact) mass is 1770 g/mol. The van der Waals surface area contributed by atoms with E-state index in [2.05, 4.69) is 386 Å². The normalized spacial score (nSPS) is 8.07. The minimum absolute atomic E-state index is 0.0858. The van der Waals surface area contributed by atoms with E-state index in [-0.39, 0.29) is 5.41 Å². The Hall–Kier alpha value is -10.4. The van der Waals surface area contributed by atoms with Crippen molar-refractivity contribution in [3.05, 3.63) is 442 Å². The maximum absolute atomic E-state index is 2.27. The molecular formula is C130H206. The van der Waals surface area contributed by atoms with Crippen LogP contribution in [-0.2, 0) is 5.41 Å². The van der Waals surface area contributed by atoms with Gasteiger partial charge < -0.3 is 0 Å². The van der Waals surface area contributed by atoms with Gasteiger partial charge in [-0.15, -0.1) is 0 Å². The van der Waals surface area contributed by atoms with E-state index in [4.69, 9.17) is 0 Å². The topological polar surface area (TPSA) is 0 Å². The van der Waals surface area contributed by atoms with E-state index in [1.54, 1.807) is 0 Å². The highest BCUT2D eigenvalue weighted by atomic mass is 14.3. The van der Waals surface area contributed by atoms with Crippen LogP contribution in [0.4, 0.5) is 0 Å². The van der Waals surface area contributed by atoms with Crippen LogP contribution < -0.4 is 0 Å². The van der Waals surface area contributed by atoms with E-state index in [1.807, 2.05) is 316 Å². The molecule has 0 bridgehead atoms. The van der Waals surface area contributed by atoms with Gasteiger partial charge in [0.25, 0.3) is 0 Å². The van der Waals surface area contributed by atoms with Crippen LogP contribution in [-0.4, -0.2) is 0 Å². The zero-order valence-corrected chi connectivity index (χ0v) is 93.8. The third kappa shape index (κ3) is 79.7. The van der Waals surface area contributed by atoms with Crippen molar-refractivity contribution in [2.75, 3.05) is 0 Å². The molecule has 726 valence electrons. The van der Waals surface area contributed by atoms with Gasteiger partial charge in [-0.2, -0.15) is 0 Å². The van der Waals surface area contributed by atoms with Gasteiger partial charge in [0, 0.05) is 11.3 Å². The predicted octanol–water partition coefficient (Wildman–Crippen LogP) is 44.9. The van der Waals surface area contributed by atoms with Gasteiger partial charge in [0.1, 0.15) is 0 Å². The van der Waals surface area contributed by atoms with Crippen molar-refractivity contribution in [3.63, 3.8) is 0 Å². The molecule has 0 saturated heterocycles. The molecule has 0 unspecified atom stereocenters. The lowest BCUT2D eigenvalue weighted by molar-refractivity contribution is 0.641. The molecule has 0 fully saturated rings. The fourth-order valence-electron chi connectivity index (χ4n) is 10.1. The fraction of sp³-hybridized carbons (Fsp3) is 0.385. The summed E-state index contributed by atoms with van der Waals surface area (Å²) in [5.41, 5.74) is 20.3. The van der Waals surface area contributed by atoms with E-state index in [0.717, 1.165) is 0 Å². The molecule has 0 aromatic heterocycles. The smallest absolute Gasteiger partial charge is 0.0146 e. The number of hydrogen-bond donors (Lipinski definition) is 0. The Morgan fingerprint density at radius 3 is 0.500 bits per heavy atom. The summed E-state index contributed by atoms with van der Waals surface area (Å²) in [5.74, 6) is 0.484. The zero-order chi connectivity index (χ0) is 103. The van der Waals surface area contributed by atoms with Crippen LogP contribution in [0.15, 0.2) is 370 Å². The molecule has 14 rings (SSSR count). The average Bonchev–Trinajstić information content (AvgIpc) is 0.818. The molecule has 0 saturated carbocycles. The maximum Gasteiger partial charge on any atom is 0.0146 e. The van der Waals surface area contributed by atoms with Crippen molar-refractivity contribution in [2.24, 2.45) is 0 Å². The molecule has 0 heteroatoms. The summed E-state index contributed by atoms with van der Waals surface area (Å²) in [6.45, 7) is 97.9. The SMILES string of the molecule is CC.CC.CC.CC.CC.CC.CC.CC.CC.CC.CC.CC.CC.CC.CC.CC.CC.CC.CC(C)(c1ccccc1)c1ccccc1.CC(c1ccccc1)c1ccccc1.Cc1cc2cc(C)c(C)cc2cc1C.Cc1ccc(C)cc1.Cc1cccc(C)c1.Cc1ccccc1.c1ccc(-c2ccccc2)cc1.c1ccc2ccccc2c1.c1ccccc1. The van der Waals surface area contributed by atoms with Gasteiger partial charge in [-0.25, -0.2) is 0 Å². The Labute approximate surface area is 813 Å². The lowest BCUT2D eigenvalue weighted by Gasteiger charge is -2.25. The first-order valence-electron chi connectivity index (χ1n) is 50.9. The Bertz CT molecular complexity index is 3920. The second-order valence-corrected chi connectivity index (χ2v) is 24.3. The highest BCUT2D eigenvalue weighted by Gasteiger charge is 2.22. The standard InChI is InChI=1S/C15H16.C14H16.C14H14.C12H10.C10H8.2C8H10.C7H8.C6H6.18C2H6/c1-15(2,13-9-5-3-6-10-13)14-11-7-4-8-12-14;1-9-5-13-7-11(3)12(4)8-14(13)6-10(9)2;1-12(13-8-4-2-5-9-13)14-10-6-3-7-11-14;1-3-7-11(8-4-1)12-9-5-2-6-10-12;1-2-6-10-8-4-3-7-9(10)5-1;1-7-3-5-8(2)6-4-7;1-7-4-3-5-8(2)6-7;1-7-5-3-2-4-6-7;1-2-4-6-5-3-1;18*1-2/h3-12H,1-2H3;5-8H,1-4H3;2-12H,1H3;1-10H;1-8H;2*3-6H,1-2H3;2-6H,1H3;1-6H;18*1-2H3. The lowest BCUT2D eigenvalue weighted by Crippen LogP contribution is -2.18. The number of benzene rings is 14. The van der Waals surface area contributed by atoms with Crippen LogP contribution >= 0.6 is 0 Å². The summed E-state index contributed by atoms with van der Waals surface area (Å²) in [6.07, 6.45) is 0. The number of rotatable bonds is 5. The Kier molecular flexibility index (Phi) is 137. The Balaban J connectivity index is -0.000000104. The summed E-state index contributed by atoms with van der Waals surface area (Å²) < 4.78 is 0. The van der Waals surface area contributed by atoms with E-state index >= 15 is 0 Å². The molecule has 0 heterocycles. The van der Waals surface area contributed by atoms with Gasteiger partial charge in [-0.1, -0.05) is 668 Å². The molecule has 130 heavy (non-hydrogen) atoms. The molecule has 0 N–H and O–H groups in total. The van der Waals surface area contributed by atoms with Crippen LogP contribution in [0.2, 0.25) is 0 Å². The van der Waals surface area contributed by atoms with Gasteiger partial charge in [-0.05, 0) is 139 Å². The molecule has 0 nitrogen and oxygen atoms in total. The summed E-state index contributed by atoms with van der Waals surface area (Å²) in [7, 11) is 0. The second-order valence-electron chi connectivity index (χ2n) is 24.3. The molecule has 0 atom stereocenters. The summed E-state index contributed by atoms with van der Waals surface area (Å²) in [5, 5.41) is 5.34. The van der Waals surface area contributed by atoms with Crippen LogP contribution in [0.1, 0.15) is 348 Å². The third-order valence-corrected chi connectivity index (χ3v) is 16.2. The molecule has 14 aromatic carbocycles. The molecular weight excluding hydrogens is 1560 g/mol. The summed E-state index contributed by atoms with van der Waals surface area (Å²) >= 11 is 0. The lowest BCUT2D eigenvalue weighted by atomic mass is 9.78. The first-order valence-corrected chi connectivity index (χ1v) is 50.9. The highest BCUT2D eigenvalue weighted by Crippen LogP contribution is 2.31. The largest absolute Gasteiger partial charge is 0.0683 e. The first kappa shape index (κ1) is 148. The van der Waals surface area contributed by atoms with Gasteiger partial charge in [0.15, 0.2) is 0 Å². The average molecular weight is 1770 g/mol. The van der Waals surface area contributed by atoms with Crippen LogP contribution in [0.25, 0.3) is 32.7 Å². The van der Waals surface area contributed by atoms with Crippen LogP contribution in [0.3, 0.4) is 0 Å². The van der Waals surface area contributed by atoms with Gasteiger partial charge >= 0.3 is 0 Å². The summed E-state index contributed by atoms with van der Waals surface area (Å²) in [4.78, 5) is 0. The minimum Gasteiger partial charge on any atom is -0.0683 e. The molecule has 0 spiro atoms. The van der Waals surface area contributed by atoms with Gasteiger partial charge in [0.2, 0.25) is 0 Å². The summed E-state index contributed by atoms with van der Waals surface area (Å²) in [6, 6.07) is 128. The van der Waals surface area contributed by atoms with Crippen molar-refractivity contribution in [2.45, 2.75) is 344 Å². The Morgan fingerprint density at radius 1 is 0.154 bits per heavy atom. The van der Waals surface area contributed by atoms with Crippen molar-refractivity contribution >= 4 is 21.5 Å². The zero-order valence-electron chi connectivity index (χ0n) is 93.8. The van der Waals surface area contributed by atoms with E-state index in [1.165, 1.54) is 105 Å². The molecule has 0 aliphatic rings. The van der Waals surface area contributed by atoms with Gasteiger partial charge in [-0.3, -0.25) is 0 Å².